The number of rotatable bonds is 4. The van der Waals surface area contributed by atoms with Gasteiger partial charge in [0.1, 0.15) is 5.82 Å². The third-order valence-corrected chi connectivity index (χ3v) is 2.86. The van der Waals surface area contributed by atoms with Crippen molar-refractivity contribution < 1.29 is 17.0 Å². The van der Waals surface area contributed by atoms with Gasteiger partial charge in [0.05, 0.1) is 11.5 Å². The molecule has 0 N–H and O–H groups in total. The van der Waals surface area contributed by atoms with E-state index in [2.05, 4.69) is 4.18 Å². The van der Waals surface area contributed by atoms with Crippen LogP contribution in [0, 0.1) is 5.82 Å². The van der Waals surface area contributed by atoms with Gasteiger partial charge < -0.3 is 0 Å². The summed E-state index contributed by atoms with van der Waals surface area (Å²) in [6.45, 7) is -0.125. The largest absolute Gasteiger partial charge is 0.297 e. The lowest BCUT2D eigenvalue weighted by atomic mass is 10.4. The molecule has 0 unspecified atom stereocenters. The maximum absolute atomic E-state index is 12.7. The van der Waals surface area contributed by atoms with Gasteiger partial charge in [-0.15, -0.1) is 11.6 Å². The molecule has 0 heterocycles. The molecule has 1 aromatic carbocycles. The molecule has 0 amide bonds. The number of alkyl halides is 1. The van der Waals surface area contributed by atoms with E-state index in [9.17, 15) is 12.8 Å². The summed E-state index contributed by atoms with van der Waals surface area (Å²) in [5.41, 5.74) is 0. The zero-order chi connectivity index (χ0) is 10.6. The summed E-state index contributed by atoms with van der Waals surface area (Å²) in [5, 5.41) is 0. The van der Waals surface area contributed by atoms with Crippen LogP contribution in [0.25, 0.3) is 0 Å². The smallest absolute Gasteiger partial charge is 0.265 e. The molecule has 0 aromatic heterocycles. The van der Waals surface area contributed by atoms with Crippen molar-refractivity contribution in [3.05, 3.63) is 30.1 Å². The Morgan fingerprint density at radius 3 is 2.71 bits per heavy atom. The molecular formula is C8H8ClFO3S. The van der Waals surface area contributed by atoms with Crippen LogP contribution < -0.4 is 0 Å². The molecule has 0 spiro atoms. The second-order valence-electron chi connectivity index (χ2n) is 2.42. The minimum absolute atomic E-state index is 0.0640. The van der Waals surface area contributed by atoms with E-state index in [4.69, 9.17) is 11.6 Å². The summed E-state index contributed by atoms with van der Waals surface area (Å²) in [6, 6.07) is 4.60. The highest BCUT2D eigenvalue weighted by Gasteiger charge is 2.14. The Bertz CT molecular complexity index is 405. The molecule has 0 aliphatic heterocycles. The lowest BCUT2D eigenvalue weighted by molar-refractivity contribution is 0.340. The lowest BCUT2D eigenvalue weighted by Gasteiger charge is -2.03. The third-order valence-electron chi connectivity index (χ3n) is 1.40. The Morgan fingerprint density at radius 2 is 2.14 bits per heavy atom. The van der Waals surface area contributed by atoms with Gasteiger partial charge in [-0.3, -0.25) is 4.18 Å². The SMILES string of the molecule is O=S(=O)(OCCCl)c1cccc(F)c1. The predicted molar refractivity (Wildman–Crippen MR) is 50.3 cm³/mol. The molecule has 6 heteroatoms. The van der Waals surface area contributed by atoms with E-state index in [0.717, 1.165) is 12.1 Å². The molecule has 0 saturated carbocycles. The normalized spacial score (nSPS) is 11.6. The highest BCUT2D eigenvalue weighted by molar-refractivity contribution is 7.86. The van der Waals surface area contributed by atoms with Crippen molar-refractivity contribution in [1.82, 2.24) is 0 Å². The van der Waals surface area contributed by atoms with E-state index in [1.165, 1.54) is 12.1 Å². The second-order valence-corrected chi connectivity index (χ2v) is 4.42. The molecule has 0 aliphatic carbocycles. The maximum atomic E-state index is 12.7. The van der Waals surface area contributed by atoms with Crippen LogP contribution in [0.3, 0.4) is 0 Å². The summed E-state index contributed by atoms with van der Waals surface area (Å²) < 4.78 is 39.8. The van der Waals surface area contributed by atoms with Crippen molar-refractivity contribution in [2.24, 2.45) is 0 Å². The van der Waals surface area contributed by atoms with Gasteiger partial charge in [-0.05, 0) is 18.2 Å². The number of halogens is 2. The van der Waals surface area contributed by atoms with Gasteiger partial charge in [0.15, 0.2) is 0 Å². The first-order chi connectivity index (χ1) is 6.56. The van der Waals surface area contributed by atoms with Gasteiger partial charge in [-0.1, -0.05) is 6.07 Å². The molecule has 0 bridgehead atoms. The van der Waals surface area contributed by atoms with Crippen molar-refractivity contribution in [2.75, 3.05) is 12.5 Å². The fourth-order valence-corrected chi connectivity index (χ4v) is 1.94. The summed E-state index contributed by atoms with van der Waals surface area (Å²) in [5.74, 6) is -0.560. The highest BCUT2D eigenvalue weighted by Crippen LogP contribution is 2.13. The van der Waals surface area contributed by atoms with Crippen LogP contribution in [0.4, 0.5) is 4.39 Å². The molecule has 3 nitrogen and oxygen atoms in total. The van der Waals surface area contributed by atoms with Crippen molar-refractivity contribution in [3.63, 3.8) is 0 Å². The lowest BCUT2D eigenvalue weighted by Crippen LogP contribution is -2.08. The van der Waals surface area contributed by atoms with E-state index in [-0.39, 0.29) is 17.4 Å². The molecule has 78 valence electrons. The van der Waals surface area contributed by atoms with Gasteiger partial charge in [-0.25, -0.2) is 4.39 Å². The van der Waals surface area contributed by atoms with Crippen LogP contribution in [0.2, 0.25) is 0 Å². The Hall–Kier alpha value is -0.650. The maximum Gasteiger partial charge on any atom is 0.297 e. The molecule has 0 aliphatic rings. The number of hydrogen-bond acceptors (Lipinski definition) is 3. The molecule has 1 rings (SSSR count). The van der Waals surface area contributed by atoms with Gasteiger partial charge >= 0.3 is 0 Å². The van der Waals surface area contributed by atoms with Gasteiger partial charge in [-0.2, -0.15) is 8.42 Å². The fourth-order valence-electron chi connectivity index (χ4n) is 0.832. The molecule has 0 fully saturated rings. The minimum atomic E-state index is -3.87. The zero-order valence-corrected chi connectivity index (χ0v) is 8.68. The minimum Gasteiger partial charge on any atom is -0.265 e. The topological polar surface area (TPSA) is 43.4 Å². The first-order valence-corrected chi connectivity index (χ1v) is 5.71. The zero-order valence-electron chi connectivity index (χ0n) is 7.11. The molecule has 1 aromatic rings. The number of hydrogen-bond donors (Lipinski definition) is 0. The summed E-state index contributed by atoms with van der Waals surface area (Å²) >= 11 is 5.26. The first-order valence-electron chi connectivity index (χ1n) is 3.77. The van der Waals surface area contributed by atoms with Crippen molar-refractivity contribution in [1.29, 1.82) is 0 Å². The van der Waals surface area contributed by atoms with Crippen LogP contribution in [0.5, 0.6) is 0 Å². The van der Waals surface area contributed by atoms with Crippen molar-refractivity contribution in [2.45, 2.75) is 4.90 Å². The van der Waals surface area contributed by atoms with Crippen molar-refractivity contribution >= 4 is 21.7 Å². The van der Waals surface area contributed by atoms with Crippen LogP contribution >= 0.6 is 11.6 Å². The van der Waals surface area contributed by atoms with E-state index >= 15 is 0 Å². The molecule has 0 atom stereocenters. The Kier molecular flexibility index (Phi) is 3.86. The first kappa shape index (κ1) is 11.4. The molecule has 14 heavy (non-hydrogen) atoms. The number of benzene rings is 1. The van der Waals surface area contributed by atoms with Crippen LogP contribution in [-0.4, -0.2) is 20.9 Å². The van der Waals surface area contributed by atoms with Crippen molar-refractivity contribution in [3.8, 4) is 0 Å². The summed E-state index contributed by atoms with van der Waals surface area (Å²) in [6.07, 6.45) is 0. The quantitative estimate of drug-likeness (QED) is 0.593. The average molecular weight is 239 g/mol. The Balaban J connectivity index is 2.93. The van der Waals surface area contributed by atoms with Crippen LogP contribution in [-0.2, 0) is 14.3 Å². The Morgan fingerprint density at radius 1 is 1.43 bits per heavy atom. The highest BCUT2D eigenvalue weighted by atomic mass is 35.5. The third kappa shape index (κ3) is 2.94. The van der Waals surface area contributed by atoms with E-state index in [0.29, 0.717) is 0 Å². The second kappa shape index (κ2) is 4.72. The van der Waals surface area contributed by atoms with Gasteiger partial charge in [0, 0.05) is 5.88 Å². The fraction of sp³-hybridized carbons (Fsp3) is 0.250. The molecular weight excluding hydrogens is 231 g/mol. The summed E-state index contributed by atoms with van der Waals surface area (Å²) in [4.78, 5) is -0.206. The van der Waals surface area contributed by atoms with E-state index in [1.807, 2.05) is 0 Å². The van der Waals surface area contributed by atoms with E-state index in [1.54, 1.807) is 0 Å². The van der Waals surface area contributed by atoms with Gasteiger partial charge in [0.2, 0.25) is 0 Å². The van der Waals surface area contributed by atoms with Crippen LogP contribution in [0.1, 0.15) is 0 Å². The molecule has 0 saturated heterocycles. The van der Waals surface area contributed by atoms with Gasteiger partial charge in [0.25, 0.3) is 10.1 Å². The predicted octanol–water partition coefficient (Wildman–Crippen LogP) is 1.77. The van der Waals surface area contributed by atoms with Crippen LogP contribution in [0.15, 0.2) is 29.2 Å². The monoisotopic (exact) mass is 238 g/mol. The standard InChI is InChI=1S/C8H8ClFO3S/c9-4-5-13-14(11,12)8-3-1-2-7(10)6-8/h1-3,6H,4-5H2. The molecule has 0 radical (unpaired) electrons. The Labute approximate surface area is 86.6 Å². The van der Waals surface area contributed by atoms with E-state index < -0.39 is 15.9 Å². The summed E-state index contributed by atoms with van der Waals surface area (Å²) in [7, 11) is -3.87. The average Bonchev–Trinajstić information content (AvgIpc) is 2.15.